The van der Waals surface area contributed by atoms with E-state index in [0.29, 0.717) is 12.3 Å². The third kappa shape index (κ3) is 2.84. The van der Waals surface area contributed by atoms with Gasteiger partial charge in [0.2, 0.25) is 0 Å². The maximum atomic E-state index is 11.8. The van der Waals surface area contributed by atoms with Gasteiger partial charge in [0, 0.05) is 6.42 Å². The van der Waals surface area contributed by atoms with Gasteiger partial charge in [0.15, 0.2) is 5.78 Å². The SMILES string of the molecule is CCCCC(CC)CC1(C#N)CCCC1=O. The predicted molar refractivity (Wildman–Crippen MR) is 64.8 cm³/mol. The third-order valence-corrected chi connectivity index (χ3v) is 3.94. The highest BCUT2D eigenvalue weighted by Gasteiger charge is 2.43. The lowest BCUT2D eigenvalue weighted by atomic mass is 9.76. The van der Waals surface area contributed by atoms with E-state index in [2.05, 4.69) is 19.9 Å². The topological polar surface area (TPSA) is 40.9 Å². The molecule has 0 aromatic carbocycles. The summed E-state index contributed by atoms with van der Waals surface area (Å²) in [5, 5.41) is 9.29. The van der Waals surface area contributed by atoms with Gasteiger partial charge in [-0.25, -0.2) is 0 Å². The number of rotatable bonds is 6. The Morgan fingerprint density at radius 2 is 2.25 bits per heavy atom. The number of hydrogen-bond donors (Lipinski definition) is 0. The molecule has 0 aliphatic heterocycles. The van der Waals surface area contributed by atoms with E-state index < -0.39 is 5.41 Å². The van der Waals surface area contributed by atoms with Crippen molar-refractivity contribution in [1.29, 1.82) is 5.26 Å². The van der Waals surface area contributed by atoms with Gasteiger partial charge in [0.1, 0.15) is 5.41 Å². The maximum Gasteiger partial charge on any atom is 0.153 e. The number of nitriles is 1. The third-order valence-electron chi connectivity index (χ3n) is 3.94. The summed E-state index contributed by atoms with van der Waals surface area (Å²) in [4.78, 5) is 11.8. The highest BCUT2D eigenvalue weighted by molar-refractivity contribution is 5.89. The van der Waals surface area contributed by atoms with Crippen LogP contribution in [-0.4, -0.2) is 5.78 Å². The van der Waals surface area contributed by atoms with Crippen LogP contribution in [0.15, 0.2) is 0 Å². The molecular formula is C14H23NO. The molecule has 0 amide bonds. The first-order chi connectivity index (χ1) is 7.68. The fourth-order valence-electron chi connectivity index (χ4n) is 2.75. The number of hydrogen-bond acceptors (Lipinski definition) is 2. The van der Waals surface area contributed by atoms with Gasteiger partial charge < -0.3 is 0 Å². The zero-order chi connectivity index (χ0) is 12.0. The molecule has 16 heavy (non-hydrogen) atoms. The first kappa shape index (κ1) is 13.2. The number of unbranched alkanes of at least 4 members (excludes halogenated alkanes) is 1. The highest BCUT2D eigenvalue weighted by Crippen LogP contribution is 2.41. The van der Waals surface area contributed by atoms with Crippen molar-refractivity contribution >= 4 is 5.78 Å². The molecule has 2 unspecified atom stereocenters. The molecular weight excluding hydrogens is 198 g/mol. The first-order valence-electron chi connectivity index (χ1n) is 6.63. The molecule has 0 radical (unpaired) electrons. The second kappa shape index (κ2) is 6.03. The van der Waals surface area contributed by atoms with E-state index in [9.17, 15) is 10.1 Å². The van der Waals surface area contributed by atoms with Gasteiger partial charge in [-0.3, -0.25) is 4.79 Å². The molecule has 0 saturated heterocycles. The van der Waals surface area contributed by atoms with Crippen molar-refractivity contribution in [2.45, 2.75) is 65.2 Å². The Morgan fingerprint density at radius 1 is 1.50 bits per heavy atom. The molecule has 1 aliphatic carbocycles. The number of Topliss-reactive ketones (excluding diaryl/α,β-unsaturated/α-hetero) is 1. The highest BCUT2D eigenvalue weighted by atomic mass is 16.1. The summed E-state index contributed by atoms with van der Waals surface area (Å²) in [6, 6.07) is 2.32. The summed E-state index contributed by atoms with van der Waals surface area (Å²) in [7, 11) is 0. The fraction of sp³-hybridized carbons (Fsp3) is 0.857. The molecule has 0 aromatic rings. The molecule has 0 aromatic heterocycles. The van der Waals surface area contributed by atoms with Crippen molar-refractivity contribution < 1.29 is 4.79 Å². The van der Waals surface area contributed by atoms with E-state index in [1.54, 1.807) is 0 Å². The van der Waals surface area contributed by atoms with Gasteiger partial charge in [-0.15, -0.1) is 0 Å². The Bertz CT molecular complexity index is 279. The minimum atomic E-state index is -0.617. The summed E-state index contributed by atoms with van der Waals surface area (Å²) >= 11 is 0. The number of carbonyl (C=O) groups excluding carboxylic acids is 1. The van der Waals surface area contributed by atoms with E-state index in [-0.39, 0.29) is 5.78 Å². The van der Waals surface area contributed by atoms with Crippen LogP contribution in [0, 0.1) is 22.7 Å². The number of nitrogens with zero attached hydrogens (tertiary/aromatic N) is 1. The van der Waals surface area contributed by atoms with Crippen molar-refractivity contribution in [1.82, 2.24) is 0 Å². The van der Waals surface area contributed by atoms with Gasteiger partial charge in [-0.05, 0) is 25.2 Å². The molecule has 90 valence electrons. The van der Waals surface area contributed by atoms with E-state index in [4.69, 9.17) is 0 Å². The minimum Gasteiger partial charge on any atom is -0.298 e. The Hall–Kier alpha value is -0.840. The molecule has 0 heterocycles. The smallest absolute Gasteiger partial charge is 0.153 e. The molecule has 1 saturated carbocycles. The fourth-order valence-corrected chi connectivity index (χ4v) is 2.75. The molecule has 2 heteroatoms. The van der Waals surface area contributed by atoms with Crippen LogP contribution >= 0.6 is 0 Å². The number of carbonyl (C=O) groups is 1. The zero-order valence-electron chi connectivity index (χ0n) is 10.6. The molecule has 2 nitrogen and oxygen atoms in total. The summed E-state index contributed by atoms with van der Waals surface area (Å²) in [6.07, 6.45) is 7.82. The molecule has 1 fully saturated rings. The molecule has 1 aliphatic rings. The van der Waals surface area contributed by atoms with Crippen LogP contribution in [0.2, 0.25) is 0 Å². The second-order valence-corrected chi connectivity index (χ2v) is 5.09. The summed E-state index contributed by atoms with van der Waals surface area (Å²) in [6.45, 7) is 4.36. The average molecular weight is 221 g/mol. The van der Waals surface area contributed by atoms with Crippen molar-refractivity contribution in [2.75, 3.05) is 0 Å². The van der Waals surface area contributed by atoms with E-state index in [0.717, 1.165) is 25.7 Å². The summed E-state index contributed by atoms with van der Waals surface area (Å²) < 4.78 is 0. The summed E-state index contributed by atoms with van der Waals surface area (Å²) in [5.74, 6) is 0.756. The normalized spacial score (nSPS) is 26.7. The molecule has 1 rings (SSSR count). The van der Waals surface area contributed by atoms with Gasteiger partial charge in [-0.2, -0.15) is 5.26 Å². The van der Waals surface area contributed by atoms with Crippen LogP contribution in [0.25, 0.3) is 0 Å². The lowest BCUT2D eigenvalue weighted by Crippen LogP contribution is -2.27. The molecule has 0 spiro atoms. The molecule has 0 bridgehead atoms. The van der Waals surface area contributed by atoms with Gasteiger partial charge in [0.25, 0.3) is 0 Å². The maximum absolute atomic E-state index is 11.8. The largest absolute Gasteiger partial charge is 0.298 e. The van der Waals surface area contributed by atoms with Gasteiger partial charge >= 0.3 is 0 Å². The van der Waals surface area contributed by atoms with Crippen LogP contribution in [0.3, 0.4) is 0 Å². The van der Waals surface area contributed by atoms with Gasteiger partial charge in [0.05, 0.1) is 6.07 Å². The van der Waals surface area contributed by atoms with E-state index >= 15 is 0 Å². The molecule has 0 N–H and O–H groups in total. The van der Waals surface area contributed by atoms with Crippen molar-refractivity contribution in [3.05, 3.63) is 0 Å². The van der Waals surface area contributed by atoms with E-state index in [1.165, 1.54) is 19.3 Å². The lowest BCUT2D eigenvalue weighted by molar-refractivity contribution is -0.124. The monoisotopic (exact) mass is 221 g/mol. The Balaban J connectivity index is 2.61. The Labute approximate surface area is 99.0 Å². The van der Waals surface area contributed by atoms with Crippen LogP contribution < -0.4 is 0 Å². The average Bonchev–Trinajstić information content (AvgIpc) is 2.66. The lowest BCUT2D eigenvalue weighted by Gasteiger charge is -2.24. The van der Waals surface area contributed by atoms with Crippen LogP contribution in [0.5, 0.6) is 0 Å². The van der Waals surface area contributed by atoms with Crippen LogP contribution in [0.4, 0.5) is 0 Å². The first-order valence-corrected chi connectivity index (χ1v) is 6.63. The second-order valence-electron chi connectivity index (χ2n) is 5.09. The summed E-state index contributed by atoms with van der Waals surface area (Å²) in [5.41, 5.74) is -0.617. The van der Waals surface area contributed by atoms with Gasteiger partial charge in [-0.1, -0.05) is 39.5 Å². The van der Waals surface area contributed by atoms with Crippen molar-refractivity contribution in [3.63, 3.8) is 0 Å². The van der Waals surface area contributed by atoms with Crippen LogP contribution in [0.1, 0.15) is 65.2 Å². The predicted octanol–water partition coefficient (Wildman–Crippen LogP) is 3.86. The Kier molecular flexibility index (Phi) is 4.99. The minimum absolute atomic E-state index is 0.199. The van der Waals surface area contributed by atoms with Crippen LogP contribution in [-0.2, 0) is 4.79 Å². The quantitative estimate of drug-likeness (QED) is 0.683. The van der Waals surface area contributed by atoms with Crippen molar-refractivity contribution in [2.24, 2.45) is 11.3 Å². The zero-order valence-corrected chi connectivity index (χ0v) is 10.6. The standard InChI is InChI=1S/C14H23NO/c1-3-5-7-12(4-2)10-14(11-15)9-6-8-13(14)16/h12H,3-10H2,1-2H3. The van der Waals surface area contributed by atoms with Crippen molar-refractivity contribution in [3.8, 4) is 6.07 Å². The number of ketones is 1. The molecule has 2 atom stereocenters. The Morgan fingerprint density at radius 3 is 2.69 bits per heavy atom. The van der Waals surface area contributed by atoms with E-state index in [1.807, 2.05) is 0 Å².